The molecular weight excluding hydrogens is 380 g/mol. The van der Waals surface area contributed by atoms with Crippen LogP contribution in [0.5, 0.6) is 11.5 Å². The maximum absolute atomic E-state index is 15.0. The summed E-state index contributed by atoms with van der Waals surface area (Å²) in [7, 11) is -2.57. The lowest BCUT2D eigenvalue weighted by Crippen LogP contribution is -2.42. The first-order chi connectivity index (χ1) is 12.8. The third-order valence-electron chi connectivity index (χ3n) is 4.17. The number of pyridine rings is 1. The molecule has 0 spiro atoms. The van der Waals surface area contributed by atoms with E-state index in [1.165, 1.54) is 6.07 Å². The lowest BCUT2D eigenvalue weighted by Gasteiger charge is -2.25. The molecule has 2 aromatic rings. The zero-order chi connectivity index (χ0) is 19.6. The van der Waals surface area contributed by atoms with Crippen molar-refractivity contribution in [3.63, 3.8) is 0 Å². The molecule has 0 aliphatic carbocycles. The molecule has 0 radical (unpaired) electrons. The molecule has 8 nitrogen and oxygen atoms in total. The molecule has 1 fully saturated rings. The van der Waals surface area contributed by atoms with Crippen molar-refractivity contribution in [2.24, 2.45) is 0 Å². The van der Waals surface area contributed by atoms with E-state index < -0.39 is 44.5 Å². The summed E-state index contributed by atoms with van der Waals surface area (Å²) in [5.41, 5.74) is -3.02. The van der Waals surface area contributed by atoms with E-state index in [0.29, 0.717) is 5.75 Å². The Hall–Kier alpha value is -2.32. The Kier molecular flexibility index (Phi) is 5.57. The molecule has 0 bridgehead atoms. The molecule has 1 saturated heterocycles. The maximum Gasteiger partial charge on any atom is 0.750 e. The fraction of sp³-hybridized carbons (Fsp3) is 0.353. The topological polar surface area (TPSA) is 107 Å². The lowest BCUT2D eigenvalue weighted by atomic mass is 9.98. The zero-order valence-electron chi connectivity index (χ0n) is 14.3. The van der Waals surface area contributed by atoms with Crippen molar-refractivity contribution in [2.75, 3.05) is 6.61 Å². The number of aromatic nitrogens is 1. The van der Waals surface area contributed by atoms with Gasteiger partial charge in [0.05, 0.1) is 0 Å². The van der Waals surface area contributed by atoms with Gasteiger partial charge in [0, 0.05) is 16.8 Å². The molecule has 144 valence electrons. The molecule has 1 aromatic carbocycles. The second-order valence-corrected chi connectivity index (χ2v) is 7.07. The van der Waals surface area contributed by atoms with Gasteiger partial charge in [-0.05, 0) is 25.1 Å². The Morgan fingerprint density at radius 2 is 2.04 bits per heavy atom. The molecule has 0 amide bonds. The average Bonchev–Trinajstić information content (AvgIpc) is 2.84. The number of benzene rings is 1. The minimum absolute atomic E-state index is 0.273. The van der Waals surface area contributed by atoms with Crippen molar-refractivity contribution in [3.05, 3.63) is 59.0 Å². The molecule has 27 heavy (non-hydrogen) atoms. The standard InChI is InChI=1S/C17H17FNO7P/c1-17(18)15(22)13(10-24-27(23)26-12-5-3-2-4-6-12)25-16(17)19-8-7-11(20)9-14(19)21/h2-9,13,15-16,22H,10H2,1H3/p+1. The molecule has 5 atom stereocenters. The van der Waals surface area contributed by atoms with Crippen molar-refractivity contribution in [2.45, 2.75) is 31.0 Å². The fourth-order valence-electron chi connectivity index (χ4n) is 2.75. The number of halogens is 1. The first-order valence-corrected chi connectivity index (χ1v) is 9.15. The van der Waals surface area contributed by atoms with Gasteiger partial charge in [-0.1, -0.05) is 18.2 Å². The number of aromatic hydroxyl groups is 1. The highest BCUT2D eigenvalue weighted by Crippen LogP contribution is 2.41. The van der Waals surface area contributed by atoms with Gasteiger partial charge in [0.25, 0.3) is 5.56 Å². The molecule has 0 saturated carbocycles. The Balaban J connectivity index is 1.67. The molecule has 1 aliphatic heterocycles. The molecule has 1 aromatic heterocycles. The molecule has 3 rings (SSSR count). The molecular formula is C17H18FNO7P+. The summed E-state index contributed by atoms with van der Waals surface area (Å²) < 4.78 is 43.3. The van der Waals surface area contributed by atoms with Gasteiger partial charge in [-0.25, -0.2) is 8.91 Å². The van der Waals surface area contributed by atoms with Crippen molar-refractivity contribution < 1.29 is 33.0 Å². The van der Waals surface area contributed by atoms with Gasteiger partial charge >= 0.3 is 8.25 Å². The van der Waals surface area contributed by atoms with Crippen LogP contribution in [-0.4, -0.2) is 39.3 Å². The number of alkyl halides is 1. The van der Waals surface area contributed by atoms with Gasteiger partial charge in [0.1, 0.15) is 24.6 Å². The van der Waals surface area contributed by atoms with Crippen LogP contribution in [0.25, 0.3) is 0 Å². The molecule has 5 unspecified atom stereocenters. The number of aliphatic hydroxyl groups is 1. The highest BCUT2D eigenvalue weighted by atomic mass is 31.1. The van der Waals surface area contributed by atoms with Crippen molar-refractivity contribution in [3.8, 4) is 11.5 Å². The SMILES string of the molecule is CC1(F)C(O)C(CO[P+](=O)Oc2ccccc2)OC1n1ccc(O)cc1=O. The van der Waals surface area contributed by atoms with Crippen LogP contribution in [0, 0.1) is 0 Å². The number of hydrogen-bond donors (Lipinski definition) is 2. The summed E-state index contributed by atoms with van der Waals surface area (Å²) in [5, 5.41) is 19.5. The predicted octanol–water partition coefficient (Wildman–Crippen LogP) is 2.29. The molecule has 1 aliphatic rings. The smallest absolute Gasteiger partial charge is 0.508 e. The van der Waals surface area contributed by atoms with Gasteiger partial charge in [-0.3, -0.25) is 9.36 Å². The Bertz CT molecular complexity index is 873. The predicted molar refractivity (Wildman–Crippen MR) is 92.4 cm³/mol. The molecule has 2 heterocycles. The number of nitrogens with zero attached hydrogens (tertiary/aromatic N) is 1. The van der Waals surface area contributed by atoms with E-state index in [9.17, 15) is 24.0 Å². The second kappa shape index (κ2) is 7.74. The first kappa shape index (κ1) is 19.4. The maximum atomic E-state index is 15.0. The summed E-state index contributed by atoms with van der Waals surface area (Å²) in [6.07, 6.45) is -3.09. The van der Waals surface area contributed by atoms with Crippen LogP contribution in [0.4, 0.5) is 4.39 Å². The Labute approximate surface area is 154 Å². The first-order valence-electron chi connectivity index (χ1n) is 8.06. The highest BCUT2D eigenvalue weighted by Gasteiger charge is 2.56. The van der Waals surface area contributed by atoms with E-state index in [1.807, 2.05) is 0 Å². The monoisotopic (exact) mass is 398 g/mol. The van der Waals surface area contributed by atoms with Crippen molar-refractivity contribution >= 4 is 8.25 Å². The van der Waals surface area contributed by atoms with Crippen LogP contribution in [0.15, 0.2) is 53.5 Å². The number of hydrogen-bond acceptors (Lipinski definition) is 7. The zero-order valence-corrected chi connectivity index (χ0v) is 15.2. The summed E-state index contributed by atoms with van der Waals surface area (Å²) in [6.45, 7) is 0.675. The molecule has 10 heteroatoms. The Morgan fingerprint density at radius 3 is 2.70 bits per heavy atom. The van der Waals surface area contributed by atoms with E-state index in [4.69, 9.17) is 13.8 Å². The highest BCUT2D eigenvalue weighted by molar-refractivity contribution is 7.33. The summed E-state index contributed by atoms with van der Waals surface area (Å²) in [4.78, 5) is 12.0. The van der Waals surface area contributed by atoms with Gasteiger partial charge in [-0.15, -0.1) is 4.52 Å². The van der Waals surface area contributed by atoms with Gasteiger partial charge in [-0.2, -0.15) is 0 Å². The van der Waals surface area contributed by atoms with Crippen LogP contribution < -0.4 is 10.1 Å². The summed E-state index contributed by atoms with van der Waals surface area (Å²) >= 11 is 0. The number of para-hydroxylation sites is 1. The van der Waals surface area contributed by atoms with Crippen molar-refractivity contribution in [1.29, 1.82) is 0 Å². The summed E-state index contributed by atoms with van der Waals surface area (Å²) in [5.74, 6) is 0.0562. The van der Waals surface area contributed by atoms with E-state index in [-0.39, 0.29) is 5.75 Å². The van der Waals surface area contributed by atoms with Gasteiger partial charge < -0.3 is 14.9 Å². The van der Waals surface area contributed by atoms with Gasteiger partial charge in [0.15, 0.2) is 17.6 Å². The van der Waals surface area contributed by atoms with E-state index in [1.54, 1.807) is 30.3 Å². The normalized spacial score (nSPS) is 28.1. The van der Waals surface area contributed by atoms with Crippen LogP contribution >= 0.6 is 8.25 Å². The minimum Gasteiger partial charge on any atom is -0.508 e. The quantitative estimate of drug-likeness (QED) is 0.719. The van der Waals surface area contributed by atoms with Crippen LogP contribution in [0.1, 0.15) is 13.2 Å². The number of aliphatic hydroxyl groups excluding tert-OH is 1. The third kappa shape index (κ3) is 4.17. The van der Waals surface area contributed by atoms with E-state index >= 15 is 0 Å². The Morgan fingerprint density at radius 1 is 1.33 bits per heavy atom. The largest absolute Gasteiger partial charge is 0.750 e. The minimum atomic E-state index is -2.57. The molecule has 2 N–H and O–H groups in total. The summed E-state index contributed by atoms with van der Waals surface area (Å²) in [6, 6.07) is 10.4. The second-order valence-electron chi connectivity index (χ2n) is 6.18. The van der Waals surface area contributed by atoms with Crippen LogP contribution in [-0.2, 0) is 13.8 Å². The lowest BCUT2D eigenvalue weighted by molar-refractivity contribution is -0.0579. The van der Waals surface area contributed by atoms with Crippen molar-refractivity contribution in [1.82, 2.24) is 4.57 Å². The van der Waals surface area contributed by atoms with Crippen LogP contribution in [0.3, 0.4) is 0 Å². The number of ether oxygens (including phenoxy) is 1. The van der Waals surface area contributed by atoms with Gasteiger partial charge in [0.2, 0.25) is 0 Å². The third-order valence-corrected chi connectivity index (χ3v) is 4.89. The van der Waals surface area contributed by atoms with E-state index in [0.717, 1.165) is 23.8 Å². The average molecular weight is 398 g/mol. The van der Waals surface area contributed by atoms with Crippen LogP contribution in [0.2, 0.25) is 0 Å². The number of rotatable bonds is 6. The fourth-order valence-corrected chi connectivity index (χ4v) is 3.37. The van der Waals surface area contributed by atoms with E-state index in [2.05, 4.69) is 0 Å².